The summed E-state index contributed by atoms with van der Waals surface area (Å²) in [4.78, 5) is 35.2. The van der Waals surface area contributed by atoms with Gasteiger partial charge in [0.2, 0.25) is 0 Å². The maximum atomic E-state index is 12.3. The highest BCUT2D eigenvalue weighted by atomic mass is 16.5. The quantitative estimate of drug-likeness (QED) is 0.524. The van der Waals surface area contributed by atoms with Gasteiger partial charge >= 0.3 is 5.97 Å². The lowest BCUT2D eigenvalue weighted by molar-refractivity contribution is -0.137. The molecule has 0 aromatic carbocycles. The Labute approximate surface area is 148 Å². The Balaban J connectivity index is 2.13. The minimum absolute atomic E-state index is 0.0289. The zero-order valence-electron chi connectivity index (χ0n) is 14.4. The monoisotopic (exact) mass is 364 g/mol. The second-order valence-corrected chi connectivity index (χ2v) is 5.24. The molecule has 0 aliphatic carbocycles. The average molecular weight is 364 g/mol. The summed E-state index contributed by atoms with van der Waals surface area (Å²) in [5.41, 5.74) is 0.335. The molecule has 26 heavy (non-hydrogen) atoms. The third-order valence-electron chi connectivity index (χ3n) is 3.31. The number of anilines is 1. The summed E-state index contributed by atoms with van der Waals surface area (Å²) < 4.78 is 7.52. The zero-order valence-corrected chi connectivity index (χ0v) is 14.4. The number of carbonyl (C=O) groups is 3. The number of aliphatic carboxylic acids is 1. The molecule has 3 N–H and O–H groups in total. The van der Waals surface area contributed by atoms with Gasteiger partial charge in [0.15, 0.2) is 11.4 Å². The molecule has 0 atom stereocenters. The number of hydrogen-bond donors (Lipinski definition) is 3. The number of carboxylic acids is 1. The Hall–Kier alpha value is -3.21. The lowest BCUT2D eigenvalue weighted by Crippen LogP contribution is -2.28. The van der Waals surface area contributed by atoms with Crippen molar-refractivity contribution in [2.75, 3.05) is 25.6 Å². The number of methoxy groups -OCH3 is 1. The van der Waals surface area contributed by atoms with E-state index in [1.54, 1.807) is 0 Å². The van der Waals surface area contributed by atoms with E-state index >= 15 is 0 Å². The molecule has 11 heteroatoms. The first kappa shape index (κ1) is 19.1. The summed E-state index contributed by atoms with van der Waals surface area (Å²) >= 11 is 0. The molecule has 0 fully saturated rings. The van der Waals surface area contributed by atoms with Crippen LogP contribution in [0.5, 0.6) is 0 Å². The number of carboxylic acid groups (broad SMARTS) is 1. The Morgan fingerprint density at radius 2 is 2.00 bits per heavy atom. The average Bonchev–Trinajstić information content (AvgIpc) is 3.21. The Kier molecular flexibility index (Phi) is 6.44. The van der Waals surface area contributed by atoms with E-state index in [0.29, 0.717) is 19.7 Å². The minimum atomic E-state index is -1.07. The van der Waals surface area contributed by atoms with Gasteiger partial charge in [0.25, 0.3) is 11.8 Å². The predicted molar refractivity (Wildman–Crippen MR) is 89.9 cm³/mol. The second kappa shape index (κ2) is 8.76. The van der Waals surface area contributed by atoms with Gasteiger partial charge in [-0.3, -0.25) is 23.7 Å². The van der Waals surface area contributed by atoms with Gasteiger partial charge in [-0.15, -0.1) is 0 Å². The normalized spacial score (nSPS) is 10.5. The van der Waals surface area contributed by atoms with E-state index in [-0.39, 0.29) is 23.6 Å². The largest absolute Gasteiger partial charge is 0.480 e. The number of ether oxygens (including phenoxy) is 1. The standard InChI is InChI=1S/C15H20N6O5/c1-3-20-8-11(13(19-20)15(25)16-5-7-26-2)17-14(24)10-4-6-21(18-10)9-12(22)23/h4,6,8H,3,5,7,9H2,1-2H3,(H,16,25)(H,17,24)(H,22,23). The summed E-state index contributed by atoms with van der Waals surface area (Å²) in [6.45, 7) is 2.67. The lowest BCUT2D eigenvalue weighted by atomic mass is 10.3. The molecule has 0 saturated heterocycles. The van der Waals surface area contributed by atoms with E-state index < -0.39 is 17.8 Å². The van der Waals surface area contributed by atoms with E-state index in [4.69, 9.17) is 9.84 Å². The van der Waals surface area contributed by atoms with Crippen LogP contribution in [0.4, 0.5) is 5.69 Å². The molecule has 2 rings (SSSR count). The molecule has 0 unspecified atom stereocenters. The predicted octanol–water partition coefficient (Wildman–Crippen LogP) is -0.187. The van der Waals surface area contributed by atoms with Crippen molar-refractivity contribution in [2.45, 2.75) is 20.0 Å². The Morgan fingerprint density at radius 1 is 1.23 bits per heavy atom. The molecule has 0 radical (unpaired) electrons. The highest BCUT2D eigenvalue weighted by Crippen LogP contribution is 2.15. The van der Waals surface area contributed by atoms with Crippen LogP contribution in [0.25, 0.3) is 0 Å². The molecule has 0 aliphatic rings. The number of nitrogens with zero attached hydrogens (tertiary/aromatic N) is 4. The van der Waals surface area contributed by atoms with Crippen molar-refractivity contribution in [1.82, 2.24) is 24.9 Å². The van der Waals surface area contributed by atoms with Gasteiger partial charge in [0.1, 0.15) is 6.54 Å². The SMILES string of the molecule is CCn1cc(NC(=O)c2ccn(CC(=O)O)n2)c(C(=O)NCCOC)n1. The number of amides is 2. The fourth-order valence-electron chi connectivity index (χ4n) is 2.09. The highest BCUT2D eigenvalue weighted by molar-refractivity contribution is 6.07. The van der Waals surface area contributed by atoms with Gasteiger partial charge in [-0.25, -0.2) is 0 Å². The maximum absolute atomic E-state index is 12.3. The van der Waals surface area contributed by atoms with E-state index in [1.165, 1.54) is 30.3 Å². The first-order valence-corrected chi connectivity index (χ1v) is 7.85. The molecular weight excluding hydrogens is 344 g/mol. The zero-order chi connectivity index (χ0) is 19.1. The van der Waals surface area contributed by atoms with Gasteiger partial charge in [0, 0.05) is 32.6 Å². The summed E-state index contributed by atoms with van der Waals surface area (Å²) in [6, 6.07) is 1.39. The smallest absolute Gasteiger partial charge is 0.325 e. The number of rotatable bonds is 9. The molecule has 0 spiro atoms. The fourth-order valence-corrected chi connectivity index (χ4v) is 2.09. The van der Waals surface area contributed by atoms with Crippen LogP contribution < -0.4 is 10.6 Å². The molecule has 2 aromatic rings. The Bertz CT molecular complexity index is 796. The summed E-state index contributed by atoms with van der Waals surface area (Å²) in [7, 11) is 1.52. The van der Waals surface area contributed by atoms with Crippen LogP contribution in [0.2, 0.25) is 0 Å². The van der Waals surface area contributed by atoms with Crippen molar-refractivity contribution in [3.63, 3.8) is 0 Å². The first-order chi connectivity index (χ1) is 12.4. The van der Waals surface area contributed by atoms with Crippen molar-refractivity contribution in [2.24, 2.45) is 0 Å². The van der Waals surface area contributed by atoms with Gasteiger partial charge in [-0.1, -0.05) is 0 Å². The van der Waals surface area contributed by atoms with Crippen LogP contribution in [0.3, 0.4) is 0 Å². The molecule has 11 nitrogen and oxygen atoms in total. The second-order valence-electron chi connectivity index (χ2n) is 5.24. The summed E-state index contributed by atoms with van der Waals surface area (Å²) in [5.74, 6) is -2.09. The van der Waals surface area contributed by atoms with Crippen LogP contribution in [-0.4, -0.2) is 62.7 Å². The summed E-state index contributed by atoms with van der Waals surface area (Å²) in [6.07, 6.45) is 2.92. The molecule has 2 aromatic heterocycles. The van der Waals surface area contributed by atoms with Crippen LogP contribution in [0.1, 0.15) is 27.9 Å². The fraction of sp³-hybridized carbons (Fsp3) is 0.400. The van der Waals surface area contributed by atoms with Gasteiger partial charge < -0.3 is 20.5 Å². The molecule has 2 heterocycles. The van der Waals surface area contributed by atoms with Crippen molar-refractivity contribution >= 4 is 23.5 Å². The van der Waals surface area contributed by atoms with Crippen LogP contribution in [0.15, 0.2) is 18.5 Å². The van der Waals surface area contributed by atoms with Gasteiger partial charge in [-0.05, 0) is 13.0 Å². The third-order valence-corrected chi connectivity index (χ3v) is 3.31. The van der Waals surface area contributed by atoms with Gasteiger partial charge in [-0.2, -0.15) is 10.2 Å². The van der Waals surface area contributed by atoms with Crippen molar-refractivity contribution < 1.29 is 24.2 Å². The van der Waals surface area contributed by atoms with Crippen molar-refractivity contribution in [1.29, 1.82) is 0 Å². The van der Waals surface area contributed by atoms with E-state index in [2.05, 4.69) is 20.8 Å². The highest BCUT2D eigenvalue weighted by Gasteiger charge is 2.20. The first-order valence-electron chi connectivity index (χ1n) is 7.85. The van der Waals surface area contributed by atoms with Crippen LogP contribution >= 0.6 is 0 Å². The van der Waals surface area contributed by atoms with Crippen LogP contribution in [-0.2, 0) is 22.6 Å². The number of nitrogens with one attached hydrogen (secondary N) is 2. The number of aromatic nitrogens is 4. The lowest BCUT2D eigenvalue weighted by Gasteiger charge is -2.05. The Morgan fingerprint density at radius 3 is 2.65 bits per heavy atom. The van der Waals surface area contributed by atoms with Gasteiger partial charge in [0.05, 0.1) is 12.3 Å². The molecule has 0 aliphatic heterocycles. The third kappa shape index (κ3) is 4.89. The number of carbonyl (C=O) groups excluding carboxylic acids is 2. The van der Waals surface area contributed by atoms with E-state index in [0.717, 1.165) is 4.68 Å². The molecule has 0 bridgehead atoms. The summed E-state index contributed by atoms with van der Waals surface area (Å²) in [5, 5.41) is 22.0. The minimum Gasteiger partial charge on any atom is -0.480 e. The molecule has 140 valence electrons. The van der Waals surface area contributed by atoms with Crippen molar-refractivity contribution in [3.05, 3.63) is 29.8 Å². The molecule has 2 amide bonds. The van der Waals surface area contributed by atoms with E-state index in [9.17, 15) is 14.4 Å². The van der Waals surface area contributed by atoms with E-state index in [1.807, 2.05) is 6.92 Å². The number of hydrogen-bond acceptors (Lipinski definition) is 6. The topological polar surface area (TPSA) is 140 Å². The number of aryl methyl sites for hydroxylation is 1. The molecular formula is C15H20N6O5. The maximum Gasteiger partial charge on any atom is 0.325 e. The van der Waals surface area contributed by atoms with Crippen LogP contribution in [0, 0.1) is 0 Å². The van der Waals surface area contributed by atoms with Crippen molar-refractivity contribution in [3.8, 4) is 0 Å². The molecule has 0 saturated carbocycles.